The van der Waals surface area contributed by atoms with Crippen molar-refractivity contribution in [3.05, 3.63) is 59.2 Å². The molecule has 2 heterocycles. The number of nitrogens with one attached hydrogen (secondary N) is 2. The quantitative estimate of drug-likeness (QED) is 0.695. The highest BCUT2D eigenvalue weighted by Crippen LogP contribution is 2.32. The number of carbonyl (C=O) groups is 4. The molecule has 1 unspecified atom stereocenters. The Morgan fingerprint density at radius 3 is 2.65 bits per heavy atom. The van der Waals surface area contributed by atoms with Crippen LogP contribution in [0.3, 0.4) is 0 Å². The predicted molar refractivity (Wildman–Crippen MR) is 112 cm³/mol. The third-order valence-corrected chi connectivity index (χ3v) is 5.66. The number of hydrogen-bond acceptors (Lipinski definition) is 5. The summed E-state index contributed by atoms with van der Waals surface area (Å²) in [4.78, 5) is 50.5. The van der Waals surface area contributed by atoms with Gasteiger partial charge >= 0.3 is 0 Å². The van der Waals surface area contributed by atoms with Crippen molar-refractivity contribution in [2.75, 3.05) is 12.4 Å². The number of methoxy groups -OCH3 is 1. The van der Waals surface area contributed by atoms with E-state index in [1.54, 1.807) is 25.3 Å². The van der Waals surface area contributed by atoms with E-state index in [4.69, 9.17) is 4.74 Å². The molecular weight excluding hydrogens is 398 g/mol. The van der Waals surface area contributed by atoms with Gasteiger partial charge in [0, 0.05) is 36.2 Å². The molecule has 2 aromatic carbocycles. The zero-order valence-electron chi connectivity index (χ0n) is 17.1. The Kier molecular flexibility index (Phi) is 5.70. The summed E-state index contributed by atoms with van der Waals surface area (Å²) < 4.78 is 5.14. The second-order valence-corrected chi connectivity index (χ2v) is 7.63. The molecule has 2 aliphatic rings. The Labute approximate surface area is 179 Å². The van der Waals surface area contributed by atoms with Gasteiger partial charge in [-0.05, 0) is 42.7 Å². The number of imide groups is 1. The van der Waals surface area contributed by atoms with Gasteiger partial charge in [-0.2, -0.15) is 0 Å². The normalized spacial score (nSPS) is 17.9. The van der Waals surface area contributed by atoms with Crippen LogP contribution in [0.2, 0.25) is 0 Å². The molecule has 1 atom stereocenters. The summed E-state index contributed by atoms with van der Waals surface area (Å²) in [5, 5.41) is 5.19. The number of anilines is 1. The lowest BCUT2D eigenvalue weighted by Gasteiger charge is -2.29. The zero-order chi connectivity index (χ0) is 22.0. The topological polar surface area (TPSA) is 105 Å². The highest BCUT2D eigenvalue weighted by molar-refractivity contribution is 6.06. The van der Waals surface area contributed by atoms with Gasteiger partial charge in [0.25, 0.3) is 5.91 Å². The summed E-state index contributed by atoms with van der Waals surface area (Å²) in [6, 6.07) is 12.0. The standard InChI is InChI=1S/C23H23N3O5/c1-31-15-8-5-14(6-9-15)7-11-20(27)24-18-4-2-3-16-17(18)13-26(23(16)30)19-10-12-21(28)25-22(19)29/h2-6,8-9,19H,7,10-13H2,1H3,(H,24,27)(H,25,28,29). The molecule has 1 fully saturated rings. The second kappa shape index (κ2) is 8.59. The van der Waals surface area contributed by atoms with Gasteiger partial charge in [0.05, 0.1) is 7.11 Å². The van der Waals surface area contributed by atoms with Crippen LogP contribution in [0.5, 0.6) is 5.75 Å². The lowest BCUT2D eigenvalue weighted by atomic mass is 10.0. The largest absolute Gasteiger partial charge is 0.497 e. The van der Waals surface area contributed by atoms with E-state index in [2.05, 4.69) is 10.6 Å². The van der Waals surface area contributed by atoms with Crippen molar-refractivity contribution < 1.29 is 23.9 Å². The third kappa shape index (κ3) is 4.28. The van der Waals surface area contributed by atoms with Crippen molar-refractivity contribution in [2.45, 2.75) is 38.3 Å². The molecule has 1 saturated heterocycles. The van der Waals surface area contributed by atoms with E-state index in [1.807, 2.05) is 24.3 Å². The van der Waals surface area contributed by atoms with Crippen LogP contribution in [0.15, 0.2) is 42.5 Å². The fourth-order valence-corrected chi connectivity index (χ4v) is 3.97. The van der Waals surface area contributed by atoms with E-state index in [0.717, 1.165) is 11.3 Å². The number of amides is 4. The Morgan fingerprint density at radius 1 is 1.16 bits per heavy atom. The molecule has 160 valence electrons. The maximum atomic E-state index is 12.9. The average Bonchev–Trinajstić information content (AvgIpc) is 3.10. The van der Waals surface area contributed by atoms with Crippen molar-refractivity contribution >= 4 is 29.3 Å². The van der Waals surface area contributed by atoms with Gasteiger partial charge in [0.2, 0.25) is 17.7 Å². The van der Waals surface area contributed by atoms with Gasteiger partial charge in [-0.3, -0.25) is 24.5 Å². The van der Waals surface area contributed by atoms with Crippen molar-refractivity contribution in [1.29, 1.82) is 0 Å². The molecule has 0 saturated carbocycles. The van der Waals surface area contributed by atoms with Crippen LogP contribution in [0, 0.1) is 0 Å². The molecule has 2 aromatic rings. The molecule has 8 heteroatoms. The minimum absolute atomic E-state index is 0.156. The van der Waals surface area contributed by atoms with Gasteiger partial charge in [0.15, 0.2) is 0 Å². The van der Waals surface area contributed by atoms with E-state index in [0.29, 0.717) is 36.1 Å². The number of aryl methyl sites for hydroxylation is 1. The number of piperidine rings is 1. The fourth-order valence-electron chi connectivity index (χ4n) is 3.97. The summed E-state index contributed by atoms with van der Waals surface area (Å²) in [7, 11) is 1.60. The second-order valence-electron chi connectivity index (χ2n) is 7.63. The number of rotatable bonds is 6. The molecule has 2 N–H and O–H groups in total. The Hall–Kier alpha value is -3.68. The zero-order valence-corrected chi connectivity index (χ0v) is 17.1. The first-order valence-corrected chi connectivity index (χ1v) is 10.2. The first-order valence-electron chi connectivity index (χ1n) is 10.2. The number of carbonyl (C=O) groups excluding carboxylic acids is 4. The van der Waals surface area contributed by atoms with Gasteiger partial charge < -0.3 is 15.0 Å². The molecule has 0 aliphatic carbocycles. The van der Waals surface area contributed by atoms with E-state index in [-0.39, 0.29) is 30.7 Å². The average molecular weight is 421 g/mol. The van der Waals surface area contributed by atoms with Crippen molar-refractivity contribution in [2.24, 2.45) is 0 Å². The van der Waals surface area contributed by atoms with Crippen LogP contribution in [0.25, 0.3) is 0 Å². The van der Waals surface area contributed by atoms with Crippen LogP contribution in [-0.4, -0.2) is 41.7 Å². The third-order valence-electron chi connectivity index (χ3n) is 5.66. The van der Waals surface area contributed by atoms with Gasteiger partial charge in [-0.25, -0.2) is 0 Å². The highest BCUT2D eigenvalue weighted by Gasteiger charge is 2.39. The van der Waals surface area contributed by atoms with Gasteiger partial charge in [-0.1, -0.05) is 18.2 Å². The molecule has 0 bridgehead atoms. The molecule has 4 rings (SSSR count). The first-order chi connectivity index (χ1) is 15.0. The fraction of sp³-hybridized carbons (Fsp3) is 0.304. The maximum Gasteiger partial charge on any atom is 0.255 e. The van der Waals surface area contributed by atoms with Gasteiger partial charge in [-0.15, -0.1) is 0 Å². The predicted octanol–water partition coefficient (Wildman–Crippen LogP) is 2.03. The molecule has 0 radical (unpaired) electrons. The molecule has 8 nitrogen and oxygen atoms in total. The molecule has 31 heavy (non-hydrogen) atoms. The molecule has 0 aromatic heterocycles. The summed E-state index contributed by atoms with van der Waals surface area (Å²) in [6.07, 6.45) is 1.37. The van der Waals surface area contributed by atoms with E-state index in [9.17, 15) is 19.2 Å². The minimum Gasteiger partial charge on any atom is -0.497 e. The van der Waals surface area contributed by atoms with Crippen molar-refractivity contribution in [3.63, 3.8) is 0 Å². The minimum atomic E-state index is -0.684. The highest BCUT2D eigenvalue weighted by atomic mass is 16.5. The molecule has 4 amide bonds. The van der Waals surface area contributed by atoms with Crippen molar-refractivity contribution in [1.82, 2.24) is 10.2 Å². The molecule has 2 aliphatic heterocycles. The smallest absolute Gasteiger partial charge is 0.255 e. The monoisotopic (exact) mass is 421 g/mol. The van der Waals surface area contributed by atoms with Crippen LogP contribution < -0.4 is 15.4 Å². The first kappa shape index (κ1) is 20.6. The summed E-state index contributed by atoms with van der Waals surface area (Å²) in [6.45, 7) is 0.218. The Morgan fingerprint density at radius 2 is 1.94 bits per heavy atom. The number of fused-ring (bicyclic) bond motifs is 1. The summed E-state index contributed by atoms with van der Waals surface area (Å²) >= 11 is 0. The lowest BCUT2D eigenvalue weighted by Crippen LogP contribution is -2.52. The SMILES string of the molecule is COc1ccc(CCC(=O)Nc2cccc3c2CN(C2CCC(=O)NC2=O)C3=O)cc1. The van der Waals surface area contributed by atoms with Gasteiger partial charge in [0.1, 0.15) is 11.8 Å². The number of ether oxygens (including phenoxy) is 1. The van der Waals surface area contributed by atoms with Crippen LogP contribution >= 0.6 is 0 Å². The lowest BCUT2D eigenvalue weighted by molar-refractivity contribution is -0.137. The Balaban J connectivity index is 1.42. The summed E-state index contributed by atoms with van der Waals surface area (Å²) in [5.41, 5.74) is 2.75. The molecular formula is C23H23N3O5. The van der Waals surface area contributed by atoms with E-state index in [1.165, 1.54) is 4.90 Å². The summed E-state index contributed by atoms with van der Waals surface area (Å²) in [5.74, 6) is -0.439. The number of nitrogens with zero attached hydrogens (tertiary/aromatic N) is 1. The van der Waals surface area contributed by atoms with Crippen LogP contribution in [0.1, 0.15) is 40.7 Å². The number of benzene rings is 2. The van der Waals surface area contributed by atoms with E-state index >= 15 is 0 Å². The van der Waals surface area contributed by atoms with Crippen molar-refractivity contribution in [3.8, 4) is 5.75 Å². The van der Waals surface area contributed by atoms with E-state index < -0.39 is 11.9 Å². The maximum absolute atomic E-state index is 12.9. The molecule has 0 spiro atoms. The number of hydrogen-bond donors (Lipinski definition) is 2. The van der Waals surface area contributed by atoms with Crippen LogP contribution in [0.4, 0.5) is 5.69 Å². The van der Waals surface area contributed by atoms with Crippen LogP contribution in [-0.2, 0) is 27.3 Å². The Bertz CT molecular complexity index is 1050.